The molecule has 0 spiro atoms. The fraction of sp³-hybridized carbons (Fsp3) is 0.600. The van der Waals surface area contributed by atoms with Gasteiger partial charge >= 0.3 is 0 Å². The topological polar surface area (TPSA) is 3.24 Å². The quantitative estimate of drug-likeness (QED) is 0.566. The highest BCUT2D eigenvalue weighted by Crippen LogP contribution is 1.97. The molecule has 0 saturated heterocycles. The van der Waals surface area contributed by atoms with Crippen molar-refractivity contribution < 1.29 is 0 Å². The second-order valence-corrected chi connectivity index (χ2v) is 2.06. The van der Waals surface area contributed by atoms with Gasteiger partial charge in [0.15, 0.2) is 0 Å². The molecular formula is C10H21N. The Morgan fingerprint density at radius 3 is 2.18 bits per heavy atom. The molecule has 0 aliphatic rings. The summed E-state index contributed by atoms with van der Waals surface area (Å²) in [5, 5.41) is 0. The van der Waals surface area contributed by atoms with E-state index in [4.69, 9.17) is 0 Å². The second kappa shape index (κ2) is 9.28. The molecule has 1 nitrogen and oxygen atoms in total. The lowest BCUT2D eigenvalue weighted by Gasteiger charge is -2.15. The van der Waals surface area contributed by atoms with Gasteiger partial charge in [0.25, 0.3) is 0 Å². The molecule has 0 N–H and O–H groups in total. The van der Waals surface area contributed by atoms with E-state index in [0.717, 1.165) is 6.54 Å². The first-order valence-electron chi connectivity index (χ1n) is 4.22. The highest BCUT2D eigenvalue weighted by atomic mass is 15.1. The van der Waals surface area contributed by atoms with Crippen molar-refractivity contribution in [1.29, 1.82) is 0 Å². The van der Waals surface area contributed by atoms with Crippen LogP contribution in [0.25, 0.3) is 0 Å². The van der Waals surface area contributed by atoms with Crippen LogP contribution < -0.4 is 0 Å². The van der Waals surface area contributed by atoms with Crippen molar-refractivity contribution in [3.63, 3.8) is 0 Å². The van der Waals surface area contributed by atoms with E-state index in [2.05, 4.69) is 32.4 Å². The Morgan fingerprint density at radius 1 is 1.45 bits per heavy atom. The molecule has 0 radical (unpaired) electrons. The third-order valence-electron chi connectivity index (χ3n) is 1.44. The van der Waals surface area contributed by atoms with Crippen molar-refractivity contribution in [3.8, 4) is 0 Å². The standard InChI is InChI=1S/C8H15N.C2H6/c1-5-7-8(3)9(4)6-2;1-2/h5,7H,1,6H2,2-4H3;1-2H3/b8-7+;. The van der Waals surface area contributed by atoms with Crippen LogP contribution in [0.4, 0.5) is 0 Å². The van der Waals surface area contributed by atoms with Gasteiger partial charge < -0.3 is 4.90 Å². The Hall–Kier alpha value is -0.720. The van der Waals surface area contributed by atoms with E-state index in [1.165, 1.54) is 5.70 Å². The Bertz CT molecular complexity index is 114. The lowest BCUT2D eigenvalue weighted by molar-refractivity contribution is 0.443. The maximum absolute atomic E-state index is 3.61. The zero-order chi connectivity index (χ0) is 9.28. The van der Waals surface area contributed by atoms with Crippen LogP contribution in [-0.2, 0) is 0 Å². The van der Waals surface area contributed by atoms with Crippen LogP contribution in [0.3, 0.4) is 0 Å². The van der Waals surface area contributed by atoms with Gasteiger partial charge in [0.05, 0.1) is 0 Å². The predicted octanol–water partition coefficient (Wildman–Crippen LogP) is 3.05. The normalized spacial score (nSPS) is 9.73. The summed E-state index contributed by atoms with van der Waals surface area (Å²) in [6, 6.07) is 0. The molecule has 0 heterocycles. The van der Waals surface area contributed by atoms with Crippen molar-refractivity contribution in [2.24, 2.45) is 0 Å². The summed E-state index contributed by atoms with van der Waals surface area (Å²) in [5.41, 5.74) is 1.26. The monoisotopic (exact) mass is 155 g/mol. The van der Waals surface area contributed by atoms with Crippen LogP contribution >= 0.6 is 0 Å². The summed E-state index contributed by atoms with van der Waals surface area (Å²) in [6.07, 6.45) is 3.81. The van der Waals surface area contributed by atoms with Crippen LogP contribution in [0.5, 0.6) is 0 Å². The van der Waals surface area contributed by atoms with E-state index in [1.54, 1.807) is 0 Å². The Balaban J connectivity index is 0. The summed E-state index contributed by atoms with van der Waals surface area (Å²) in [7, 11) is 2.06. The molecule has 0 fully saturated rings. The molecule has 66 valence electrons. The maximum Gasteiger partial charge on any atom is 0.0143 e. The summed E-state index contributed by atoms with van der Waals surface area (Å²) in [5.74, 6) is 0. The number of nitrogens with zero attached hydrogens (tertiary/aromatic N) is 1. The zero-order valence-electron chi connectivity index (χ0n) is 8.52. The molecule has 0 unspecified atom stereocenters. The van der Waals surface area contributed by atoms with E-state index >= 15 is 0 Å². The van der Waals surface area contributed by atoms with Gasteiger partial charge in [0, 0.05) is 19.3 Å². The Morgan fingerprint density at radius 2 is 1.91 bits per heavy atom. The molecule has 0 atom stereocenters. The van der Waals surface area contributed by atoms with Crippen LogP contribution in [0, 0.1) is 0 Å². The third kappa shape index (κ3) is 7.17. The first kappa shape index (κ1) is 12.9. The van der Waals surface area contributed by atoms with Crippen LogP contribution in [0.2, 0.25) is 0 Å². The molecule has 0 aromatic rings. The van der Waals surface area contributed by atoms with Crippen LogP contribution in [0.1, 0.15) is 27.7 Å². The molecule has 0 aromatic heterocycles. The van der Waals surface area contributed by atoms with Gasteiger partial charge in [0.2, 0.25) is 0 Å². The Labute approximate surface area is 71.4 Å². The number of hydrogen-bond donors (Lipinski definition) is 0. The predicted molar refractivity (Wildman–Crippen MR) is 53.6 cm³/mol. The summed E-state index contributed by atoms with van der Waals surface area (Å²) in [4.78, 5) is 2.17. The van der Waals surface area contributed by atoms with Crippen LogP contribution in [-0.4, -0.2) is 18.5 Å². The summed E-state index contributed by atoms with van der Waals surface area (Å²) in [6.45, 7) is 12.9. The summed E-state index contributed by atoms with van der Waals surface area (Å²) < 4.78 is 0. The maximum atomic E-state index is 3.61. The van der Waals surface area contributed by atoms with E-state index in [1.807, 2.05) is 26.0 Å². The average molecular weight is 155 g/mol. The lowest BCUT2D eigenvalue weighted by atomic mass is 10.4. The average Bonchev–Trinajstić information content (AvgIpc) is 2.07. The van der Waals surface area contributed by atoms with E-state index in [0.29, 0.717) is 0 Å². The van der Waals surface area contributed by atoms with Crippen molar-refractivity contribution in [3.05, 3.63) is 24.4 Å². The van der Waals surface area contributed by atoms with E-state index in [-0.39, 0.29) is 0 Å². The highest BCUT2D eigenvalue weighted by Gasteiger charge is 1.90. The molecule has 0 bridgehead atoms. The molecule has 0 saturated carbocycles. The van der Waals surface area contributed by atoms with Crippen molar-refractivity contribution in [1.82, 2.24) is 4.90 Å². The second-order valence-electron chi connectivity index (χ2n) is 2.06. The fourth-order valence-corrected chi connectivity index (χ4v) is 0.547. The van der Waals surface area contributed by atoms with Gasteiger partial charge in [-0.2, -0.15) is 0 Å². The minimum Gasteiger partial charge on any atom is -0.378 e. The number of hydrogen-bond acceptors (Lipinski definition) is 1. The highest BCUT2D eigenvalue weighted by molar-refractivity contribution is 5.05. The number of rotatable bonds is 3. The first-order chi connectivity index (χ1) is 5.22. The van der Waals surface area contributed by atoms with Gasteiger partial charge in [-0.25, -0.2) is 0 Å². The number of allylic oxidation sites excluding steroid dienone is 3. The van der Waals surface area contributed by atoms with Crippen molar-refractivity contribution >= 4 is 0 Å². The molecule has 0 aliphatic heterocycles. The molecule has 1 heteroatoms. The van der Waals surface area contributed by atoms with Gasteiger partial charge in [-0.15, -0.1) is 0 Å². The van der Waals surface area contributed by atoms with Gasteiger partial charge in [-0.05, 0) is 19.9 Å². The fourth-order valence-electron chi connectivity index (χ4n) is 0.547. The molecule has 0 amide bonds. The molecular weight excluding hydrogens is 134 g/mol. The van der Waals surface area contributed by atoms with Crippen LogP contribution in [0.15, 0.2) is 24.4 Å². The Kier molecular flexibility index (Phi) is 10.9. The van der Waals surface area contributed by atoms with Gasteiger partial charge in [-0.3, -0.25) is 0 Å². The summed E-state index contributed by atoms with van der Waals surface area (Å²) >= 11 is 0. The molecule has 0 aliphatic carbocycles. The van der Waals surface area contributed by atoms with Gasteiger partial charge in [-0.1, -0.05) is 26.5 Å². The van der Waals surface area contributed by atoms with Crippen molar-refractivity contribution in [2.45, 2.75) is 27.7 Å². The third-order valence-corrected chi connectivity index (χ3v) is 1.44. The SMILES string of the molecule is C=C/C=C(\C)N(C)CC.CC. The smallest absolute Gasteiger partial charge is 0.0143 e. The minimum atomic E-state index is 1.05. The molecule has 0 rings (SSSR count). The zero-order valence-corrected chi connectivity index (χ0v) is 8.52. The molecule has 11 heavy (non-hydrogen) atoms. The van der Waals surface area contributed by atoms with Gasteiger partial charge in [0.1, 0.15) is 0 Å². The first-order valence-corrected chi connectivity index (χ1v) is 4.22. The van der Waals surface area contributed by atoms with E-state index < -0.39 is 0 Å². The minimum absolute atomic E-state index is 1.05. The largest absolute Gasteiger partial charge is 0.378 e. The molecule has 0 aromatic carbocycles. The lowest BCUT2D eigenvalue weighted by Crippen LogP contribution is -2.14. The van der Waals surface area contributed by atoms with Crippen molar-refractivity contribution in [2.75, 3.05) is 13.6 Å². The van der Waals surface area contributed by atoms with E-state index in [9.17, 15) is 0 Å².